The van der Waals surface area contributed by atoms with Crippen molar-refractivity contribution in [2.24, 2.45) is 5.92 Å². The van der Waals surface area contributed by atoms with Crippen LogP contribution in [-0.4, -0.2) is 15.2 Å². The minimum atomic E-state index is -1.05. The molecule has 0 radical (unpaired) electrons. The average molecular weight is 328 g/mol. The monoisotopic (exact) mass is 327 g/mol. The standard InChI is InChI=1S/C14H15Cl2N3O2/c1-14(20,8-2-3-8)13-18-11(19-21-13)6-7-4-9(15)12(17)10(16)5-7/h4-5,8,20H,2-3,6,17H2,1H3. The first-order valence-corrected chi connectivity index (χ1v) is 7.42. The second-order valence-electron chi connectivity index (χ2n) is 5.59. The molecule has 1 aromatic carbocycles. The summed E-state index contributed by atoms with van der Waals surface area (Å²) in [5, 5.41) is 15.1. The van der Waals surface area contributed by atoms with Gasteiger partial charge < -0.3 is 15.4 Å². The summed E-state index contributed by atoms with van der Waals surface area (Å²) >= 11 is 12.0. The zero-order valence-electron chi connectivity index (χ0n) is 11.4. The van der Waals surface area contributed by atoms with E-state index in [0.717, 1.165) is 18.4 Å². The number of aromatic nitrogens is 2. The fourth-order valence-electron chi connectivity index (χ4n) is 2.27. The first-order chi connectivity index (χ1) is 9.88. The molecule has 0 aliphatic heterocycles. The Morgan fingerprint density at radius 2 is 2.00 bits per heavy atom. The smallest absolute Gasteiger partial charge is 0.258 e. The van der Waals surface area contributed by atoms with Crippen molar-refractivity contribution in [1.29, 1.82) is 0 Å². The van der Waals surface area contributed by atoms with Crippen molar-refractivity contribution in [3.05, 3.63) is 39.5 Å². The number of nitrogen functional groups attached to an aromatic ring is 1. The Balaban J connectivity index is 1.81. The van der Waals surface area contributed by atoms with Crippen LogP contribution < -0.4 is 5.73 Å². The number of hydrogen-bond acceptors (Lipinski definition) is 5. The van der Waals surface area contributed by atoms with E-state index in [1.54, 1.807) is 19.1 Å². The summed E-state index contributed by atoms with van der Waals surface area (Å²) in [4.78, 5) is 4.28. The number of anilines is 1. The van der Waals surface area contributed by atoms with Crippen LogP contribution in [0.3, 0.4) is 0 Å². The molecule has 1 atom stereocenters. The van der Waals surface area contributed by atoms with Gasteiger partial charge in [0.1, 0.15) is 5.60 Å². The second kappa shape index (κ2) is 5.16. The Bertz CT molecular complexity index is 658. The number of nitrogens with two attached hydrogens (primary N) is 1. The van der Waals surface area contributed by atoms with Gasteiger partial charge in [-0.05, 0) is 43.4 Å². The normalized spacial score (nSPS) is 17.7. The minimum absolute atomic E-state index is 0.200. The van der Waals surface area contributed by atoms with Crippen LogP contribution in [0.1, 0.15) is 37.0 Å². The van der Waals surface area contributed by atoms with Crippen LogP contribution in [0.2, 0.25) is 10.0 Å². The molecule has 2 aromatic rings. The highest BCUT2D eigenvalue weighted by Crippen LogP contribution is 2.44. The summed E-state index contributed by atoms with van der Waals surface area (Å²) in [6, 6.07) is 3.44. The van der Waals surface area contributed by atoms with Crippen molar-refractivity contribution in [2.75, 3.05) is 5.73 Å². The van der Waals surface area contributed by atoms with Gasteiger partial charge in [0, 0.05) is 6.42 Å². The highest BCUT2D eigenvalue weighted by molar-refractivity contribution is 6.38. The molecule has 3 N–H and O–H groups in total. The lowest BCUT2D eigenvalue weighted by molar-refractivity contribution is 0.000915. The summed E-state index contributed by atoms with van der Waals surface area (Å²) in [6.45, 7) is 1.71. The van der Waals surface area contributed by atoms with Gasteiger partial charge in [-0.2, -0.15) is 4.98 Å². The van der Waals surface area contributed by atoms with Crippen molar-refractivity contribution in [3.63, 3.8) is 0 Å². The van der Waals surface area contributed by atoms with E-state index in [2.05, 4.69) is 10.1 Å². The summed E-state index contributed by atoms with van der Waals surface area (Å²) < 4.78 is 5.19. The third-order valence-corrected chi connectivity index (χ3v) is 4.40. The Kier molecular flexibility index (Phi) is 3.59. The Morgan fingerprint density at radius 1 is 1.38 bits per heavy atom. The Labute approximate surface area is 132 Å². The molecule has 21 heavy (non-hydrogen) atoms. The molecule has 7 heteroatoms. The Morgan fingerprint density at radius 3 is 2.57 bits per heavy atom. The van der Waals surface area contributed by atoms with Gasteiger partial charge in [-0.15, -0.1) is 0 Å². The van der Waals surface area contributed by atoms with E-state index in [1.807, 2.05) is 0 Å². The summed E-state index contributed by atoms with van der Waals surface area (Å²) in [7, 11) is 0. The van der Waals surface area contributed by atoms with Gasteiger partial charge >= 0.3 is 0 Å². The number of benzene rings is 1. The van der Waals surface area contributed by atoms with E-state index in [1.165, 1.54) is 0 Å². The molecule has 1 aliphatic carbocycles. The highest BCUT2D eigenvalue weighted by Gasteiger charge is 2.45. The second-order valence-corrected chi connectivity index (χ2v) is 6.40. The molecule has 0 bridgehead atoms. The number of halogens is 2. The molecule has 5 nitrogen and oxygen atoms in total. The number of aliphatic hydroxyl groups is 1. The van der Waals surface area contributed by atoms with Gasteiger partial charge in [-0.3, -0.25) is 0 Å². The van der Waals surface area contributed by atoms with E-state index in [9.17, 15) is 5.11 Å². The first kappa shape index (κ1) is 14.6. The lowest BCUT2D eigenvalue weighted by atomic mass is 10.0. The zero-order valence-corrected chi connectivity index (χ0v) is 12.9. The summed E-state index contributed by atoms with van der Waals surface area (Å²) in [6.07, 6.45) is 2.37. The van der Waals surface area contributed by atoms with E-state index >= 15 is 0 Å². The maximum Gasteiger partial charge on any atom is 0.258 e. The maximum absolute atomic E-state index is 10.4. The molecule has 3 rings (SSSR count). The number of hydrogen-bond donors (Lipinski definition) is 2. The van der Waals surface area contributed by atoms with Crippen LogP contribution in [0, 0.1) is 5.92 Å². The highest BCUT2D eigenvalue weighted by atomic mass is 35.5. The molecule has 1 fully saturated rings. The average Bonchev–Trinajstić information content (AvgIpc) is 3.17. The van der Waals surface area contributed by atoms with Crippen LogP contribution in [0.15, 0.2) is 16.7 Å². The molecule has 1 heterocycles. The van der Waals surface area contributed by atoms with Gasteiger partial charge in [-0.1, -0.05) is 28.4 Å². The maximum atomic E-state index is 10.4. The van der Waals surface area contributed by atoms with Crippen molar-refractivity contribution in [1.82, 2.24) is 10.1 Å². The van der Waals surface area contributed by atoms with Crippen LogP contribution in [-0.2, 0) is 12.0 Å². The van der Waals surface area contributed by atoms with Crippen molar-refractivity contribution >= 4 is 28.9 Å². The topological polar surface area (TPSA) is 85.2 Å². The quantitative estimate of drug-likeness (QED) is 0.842. The van der Waals surface area contributed by atoms with Gasteiger partial charge in [-0.25, -0.2) is 0 Å². The fraction of sp³-hybridized carbons (Fsp3) is 0.429. The predicted molar refractivity (Wildman–Crippen MR) is 80.3 cm³/mol. The lowest BCUT2D eigenvalue weighted by Gasteiger charge is -2.16. The van der Waals surface area contributed by atoms with E-state index in [4.69, 9.17) is 33.5 Å². The predicted octanol–water partition coefficient (Wildman–Crippen LogP) is 3.17. The van der Waals surface area contributed by atoms with Gasteiger partial charge in [0.05, 0.1) is 15.7 Å². The number of rotatable bonds is 4. The van der Waals surface area contributed by atoms with Crippen molar-refractivity contribution < 1.29 is 9.63 Å². The Hall–Kier alpha value is -1.30. The minimum Gasteiger partial charge on any atom is -0.396 e. The van der Waals surface area contributed by atoms with Crippen LogP contribution in [0.25, 0.3) is 0 Å². The molecule has 0 amide bonds. The molecule has 0 spiro atoms. The van der Waals surface area contributed by atoms with E-state index < -0.39 is 5.60 Å². The first-order valence-electron chi connectivity index (χ1n) is 6.66. The summed E-state index contributed by atoms with van der Waals surface area (Å²) in [5.74, 6) is 0.932. The van der Waals surface area contributed by atoms with Crippen LogP contribution in [0.5, 0.6) is 0 Å². The van der Waals surface area contributed by atoms with Crippen LogP contribution >= 0.6 is 23.2 Å². The molecule has 1 unspecified atom stereocenters. The molecular formula is C14H15Cl2N3O2. The molecular weight excluding hydrogens is 313 g/mol. The van der Waals surface area contributed by atoms with E-state index in [0.29, 0.717) is 28.0 Å². The van der Waals surface area contributed by atoms with Gasteiger partial charge in [0.25, 0.3) is 5.89 Å². The SMILES string of the molecule is CC(O)(c1nc(Cc2cc(Cl)c(N)c(Cl)c2)no1)C1CC1. The molecule has 1 saturated carbocycles. The third-order valence-electron chi connectivity index (χ3n) is 3.77. The zero-order chi connectivity index (χ0) is 15.2. The fourth-order valence-corrected chi connectivity index (χ4v) is 2.81. The molecule has 112 valence electrons. The lowest BCUT2D eigenvalue weighted by Crippen LogP contribution is -2.24. The van der Waals surface area contributed by atoms with Crippen LogP contribution in [0.4, 0.5) is 5.69 Å². The van der Waals surface area contributed by atoms with Crippen molar-refractivity contribution in [2.45, 2.75) is 31.8 Å². The molecule has 1 aromatic heterocycles. The van der Waals surface area contributed by atoms with Crippen molar-refractivity contribution in [3.8, 4) is 0 Å². The number of nitrogens with zero attached hydrogens (tertiary/aromatic N) is 2. The largest absolute Gasteiger partial charge is 0.396 e. The third kappa shape index (κ3) is 2.86. The molecule has 1 aliphatic rings. The summed E-state index contributed by atoms with van der Waals surface area (Å²) in [5.41, 5.74) is 5.83. The van der Waals surface area contributed by atoms with E-state index in [-0.39, 0.29) is 11.8 Å². The van der Waals surface area contributed by atoms with Gasteiger partial charge in [0.2, 0.25) is 0 Å². The molecule has 0 saturated heterocycles. The van der Waals surface area contributed by atoms with Gasteiger partial charge in [0.15, 0.2) is 5.82 Å².